The molecular formula is C10H14O2S. The number of carboxylic acid groups (broad SMARTS) is 1. The van der Waals surface area contributed by atoms with Crippen LogP contribution in [0.15, 0.2) is 12.1 Å². The van der Waals surface area contributed by atoms with Gasteiger partial charge in [0.25, 0.3) is 0 Å². The van der Waals surface area contributed by atoms with Crippen LogP contribution in [-0.2, 0) is 11.2 Å². The highest BCUT2D eigenvalue weighted by molar-refractivity contribution is 7.11. The van der Waals surface area contributed by atoms with E-state index in [9.17, 15) is 4.79 Å². The van der Waals surface area contributed by atoms with E-state index >= 15 is 0 Å². The molecule has 1 aromatic heterocycles. The molecule has 0 aliphatic rings. The third-order valence-corrected chi connectivity index (χ3v) is 3.11. The normalized spacial score (nSPS) is 12.8. The van der Waals surface area contributed by atoms with Gasteiger partial charge in [0.2, 0.25) is 0 Å². The van der Waals surface area contributed by atoms with Crippen molar-refractivity contribution in [3.05, 3.63) is 21.9 Å². The average molecular weight is 198 g/mol. The minimum absolute atomic E-state index is 0.224. The number of hydrogen-bond acceptors (Lipinski definition) is 2. The van der Waals surface area contributed by atoms with Crippen molar-refractivity contribution in [1.82, 2.24) is 0 Å². The third-order valence-electron chi connectivity index (χ3n) is 2.09. The Labute approximate surface area is 82.2 Å². The topological polar surface area (TPSA) is 37.3 Å². The number of carboxylic acids is 1. The first-order valence-electron chi connectivity index (χ1n) is 4.41. The summed E-state index contributed by atoms with van der Waals surface area (Å²) in [5.74, 6) is -0.911. The zero-order valence-corrected chi connectivity index (χ0v) is 8.73. The fourth-order valence-electron chi connectivity index (χ4n) is 1.24. The van der Waals surface area contributed by atoms with Crippen LogP contribution in [0.4, 0.5) is 0 Å². The summed E-state index contributed by atoms with van der Waals surface area (Å²) in [6, 6.07) is 4.06. The summed E-state index contributed by atoms with van der Waals surface area (Å²) in [6.45, 7) is 3.95. The molecule has 1 atom stereocenters. The van der Waals surface area contributed by atoms with Crippen molar-refractivity contribution < 1.29 is 9.90 Å². The van der Waals surface area contributed by atoms with Gasteiger partial charge >= 0.3 is 5.97 Å². The molecule has 0 bridgehead atoms. The van der Waals surface area contributed by atoms with Crippen LogP contribution < -0.4 is 0 Å². The van der Waals surface area contributed by atoms with E-state index in [2.05, 4.69) is 0 Å². The fraction of sp³-hybridized carbons (Fsp3) is 0.500. The summed E-state index contributed by atoms with van der Waals surface area (Å²) in [6.07, 6.45) is 1.37. The van der Waals surface area contributed by atoms with Crippen LogP contribution in [0.3, 0.4) is 0 Å². The van der Waals surface area contributed by atoms with Crippen molar-refractivity contribution in [2.75, 3.05) is 0 Å². The Bertz CT molecular complexity index is 291. The highest BCUT2D eigenvalue weighted by atomic mass is 32.1. The number of carbonyl (C=O) groups is 1. The Morgan fingerprint density at radius 2 is 2.31 bits per heavy atom. The molecule has 1 unspecified atom stereocenters. The standard InChI is InChI=1S/C10H14O2S/c1-3-8(10(11)12)6-9-5-4-7(2)13-9/h4-5,8H,3,6H2,1-2H3,(H,11,12). The lowest BCUT2D eigenvalue weighted by Gasteiger charge is -2.06. The van der Waals surface area contributed by atoms with E-state index in [0.29, 0.717) is 12.8 Å². The van der Waals surface area contributed by atoms with Crippen LogP contribution in [0.1, 0.15) is 23.1 Å². The van der Waals surface area contributed by atoms with Crippen LogP contribution in [0.5, 0.6) is 0 Å². The molecule has 0 amide bonds. The van der Waals surface area contributed by atoms with Gasteiger partial charge in [-0.05, 0) is 31.9 Å². The quantitative estimate of drug-likeness (QED) is 0.807. The van der Waals surface area contributed by atoms with Gasteiger partial charge in [-0.25, -0.2) is 0 Å². The number of hydrogen-bond donors (Lipinski definition) is 1. The molecule has 1 rings (SSSR count). The first-order valence-corrected chi connectivity index (χ1v) is 5.23. The van der Waals surface area contributed by atoms with E-state index in [4.69, 9.17) is 5.11 Å². The molecule has 2 nitrogen and oxygen atoms in total. The predicted molar refractivity (Wildman–Crippen MR) is 54.2 cm³/mol. The lowest BCUT2D eigenvalue weighted by atomic mass is 10.0. The smallest absolute Gasteiger partial charge is 0.306 e. The van der Waals surface area contributed by atoms with Crippen LogP contribution in [0.25, 0.3) is 0 Å². The molecule has 13 heavy (non-hydrogen) atoms. The molecule has 0 aliphatic heterocycles. The van der Waals surface area contributed by atoms with Gasteiger partial charge in [-0.1, -0.05) is 6.92 Å². The van der Waals surface area contributed by atoms with Gasteiger partial charge in [0.15, 0.2) is 0 Å². The number of thiophene rings is 1. The predicted octanol–water partition coefficient (Wildman–Crippen LogP) is 2.71. The van der Waals surface area contributed by atoms with Crippen LogP contribution >= 0.6 is 11.3 Å². The highest BCUT2D eigenvalue weighted by Gasteiger charge is 2.15. The SMILES string of the molecule is CCC(Cc1ccc(C)s1)C(=O)O. The summed E-state index contributed by atoms with van der Waals surface area (Å²) in [7, 11) is 0. The zero-order valence-electron chi connectivity index (χ0n) is 7.91. The lowest BCUT2D eigenvalue weighted by molar-refractivity contribution is -0.141. The Morgan fingerprint density at radius 1 is 1.62 bits per heavy atom. The molecule has 3 heteroatoms. The summed E-state index contributed by atoms with van der Waals surface area (Å²) in [5, 5.41) is 8.85. The molecule has 0 aliphatic carbocycles. The van der Waals surface area contributed by atoms with E-state index in [1.165, 1.54) is 9.75 Å². The van der Waals surface area contributed by atoms with Crippen molar-refractivity contribution in [3.63, 3.8) is 0 Å². The summed E-state index contributed by atoms with van der Waals surface area (Å²) >= 11 is 1.69. The maximum atomic E-state index is 10.7. The molecule has 72 valence electrons. The van der Waals surface area contributed by atoms with Crippen molar-refractivity contribution in [1.29, 1.82) is 0 Å². The number of rotatable bonds is 4. The van der Waals surface area contributed by atoms with Crippen molar-refractivity contribution in [3.8, 4) is 0 Å². The summed E-state index contributed by atoms with van der Waals surface area (Å²) in [4.78, 5) is 13.2. The average Bonchev–Trinajstić information content (AvgIpc) is 2.46. The first kappa shape index (κ1) is 10.3. The minimum atomic E-state index is -0.687. The van der Waals surface area contributed by atoms with Gasteiger partial charge in [0.05, 0.1) is 5.92 Å². The molecule has 0 spiro atoms. The van der Waals surface area contributed by atoms with Gasteiger partial charge in [-0.15, -0.1) is 11.3 Å². The summed E-state index contributed by atoms with van der Waals surface area (Å²) in [5.41, 5.74) is 0. The second kappa shape index (κ2) is 4.42. The maximum absolute atomic E-state index is 10.7. The fourth-order valence-corrected chi connectivity index (χ4v) is 2.21. The van der Waals surface area contributed by atoms with Gasteiger partial charge in [-0.2, -0.15) is 0 Å². The highest BCUT2D eigenvalue weighted by Crippen LogP contribution is 2.20. The van der Waals surface area contributed by atoms with Crippen LogP contribution in [0, 0.1) is 12.8 Å². The Balaban J connectivity index is 2.61. The maximum Gasteiger partial charge on any atom is 0.306 e. The second-order valence-corrected chi connectivity index (χ2v) is 4.53. The Kier molecular flexibility index (Phi) is 3.48. The zero-order chi connectivity index (χ0) is 9.84. The number of aliphatic carboxylic acids is 1. The molecule has 0 saturated heterocycles. The van der Waals surface area contributed by atoms with Crippen molar-refractivity contribution in [2.24, 2.45) is 5.92 Å². The van der Waals surface area contributed by atoms with E-state index in [1.807, 2.05) is 26.0 Å². The molecule has 1 aromatic rings. The Morgan fingerprint density at radius 3 is 2.69 bits per heavy atom. The monoisotopic (exact) mass is 198 g/mol. The van der Waals surface area contributed by atoms with E-state index in [0.717, 1.165) is 0 Å². The molecule has 0 aromatic carbocycles. The van der Waals surface area contributed by atoms with Crippen molar-refractivity contribution in [2.45, 2.75) is 26.7 Å². The van der Waals surface area contributed by atoms with Crippen molar-refractivity contribution >= 4 is 17.3 Å². The minimum Gasteiger partial charge on any atom is -0.481 e. The molecule has 0 radical (unpaired) electrons. The Hall–Kier alpha value is -0.830. The van der Waals surface area contributed by atoms with Gasteiger partial charge in [-0.3, -0.25) is 4.79 Å². The van der Waals surface area contributed by atoms with Gasteiger partial charge in [0, 0.05) is 9.75 Å². The van der Waals surface area contributed by atoms with E-state index in [-0.39, 0.29) is 5.92 Å². The molecule has 0 fully saturated rings. The lowest BCUT2D eigenvalue weighted by Crippen LogP contribution is -2.14. The molecular weight excluding hydrogens is 184 g/mol. The van der Waals surface area contributed by atoms with Crippen LogP contribution in [-0.4, -0.2) is 11.1 Å². The first-order chi connectivity index (χ1) is 6.13. The van der Waals surface area contributed by atoms with Gasteiger partial charge in [0.1, 0.15) is 0 Å². The second-order valence-electron chi connectivity index (χ2n) is 3.16. The van der Waals surface area contributed by atoms with Gasteiger partial charge < -0.3 is 5.11 Å². The van der Waals surface area contributed by atoms with Crippen LogP contribution in [0.2, 0.25) is 0 Å². The molecule has 1 heterocycles. The number of aryl methyl sites for hydroxylation is 1. The molecule has 1 N–H and O–H groups in total. The summed E-state index contributed by atoms with van der Waals surface area (Å²) < 4.78 is 0. The molecule has 0 saturated carbocycles. The largest absolute Gasteiger partial charge is 0.481 e. The van der Waals surface area contributed by atoms with E-state index < -0.39 is 5.97 Å². The van der Waals surface area contributed by atoms with E-state index in [1.54, 1.807) is 11.3 Å². The third kappa shape index (κ3) is 2.84.